The number of anilines is 4. The van der Waals surface area contributed by atoms with E-state index in [9.17, 15) is 9.59 Å². The van der Waals surface area contributed by atoms with Gasteiger partial charge in [-0.25, -0.2) is 0 Å². The van der Waals surface area contributed by atoms with E-state index in [1.54, 1.807) is 12.1 Å². The fourth-order valence-corrected chi connectivity index (χ4v) is 2.80. The highest BCUT2D eigenvalue weighted by Crippen LogP contribution is 2.22. The minimum absolute atomic E-state index is 0.0916. The topological polar surface area (TPSA) is 70.2 Å². The number of halogens is 1. The van der Waals surface area contributed by atoms with Gasteiger partial charge in [0.1, 0.15) is 0 Å². The van der Waals surface area contributed by atoms with Gasteiger partial charge in [-0.2, -0.15) is 0 Å². The summed E-state index contributed by atoms with van der Waals surface area (Å²) >= 11 is 5.86. The zero-order chi connectivity index (χ0) is 19.9. The molecular weight excluding hydrogens is 374 g/mol. The van der Waals surface area contributed by atoms with Crippen LogP contribution in [0.2, 0.25) is 5.02 Å². The Kier molecular flexibility index (Phi) is 6.29. The molecule has 3 rings (SSSR count). The van der Waals surface area contributed by atoms with Gasteiger partial charge >= 0.3 is 0 Å². The summed E-state index contributed by atoms with van der Waals surface area (Å²) < 4.78 is 0. The van der Waals surface area contributed by atoms with Crippen molar-refractivity contribution in [3.05, 3.63) is 83.4 Å². The van der Waals surface area contributed by atoms with Crippen LogP contribution < -0.4 is 16.0 Å². The first-order chi connectivity index (χ1) is 13.5. The quantitative estimate of drug-likeness (QED) is 0.537. The van der Waals surface area contributed by atoms with E-state index >= 15 is 0 Å². The van der Waals surface area contributed by atoms with Crippen LogP contribution in [0.3, 0.4) is 0 Å². The molecule has 0 radical (unpaired) electrons. The molecule has 0 heterocycles. The molecule has 0 fully saturated rings. The number of nitrogens with one attached hydrogen (secondary N) is 3. The third-order valence-electron chi connectivity index (χ3n) is 3.92. The number of amides is 2. The highest BCUT2D eigenvalue weighted by atomic mass is 35.5. The Morgan fingerprint density at radius 3 is 2.11 bits per heavy atom. The van der Waals surface area contributed by atoms with Gasteiger partial charge in [-0.05, 0) is 60.2 Å². The molecule has 2 amide bonds. The van der Waals surface area contributed by atoms with Crippen molar-refractivity contribution in [2.75, 3.05) is 16.0 Å². The third-order valence-corrected chi connectivity index (χ3v) is 4.17. The van der Waals surface area contributed by atoms with Crippen molar-refractivity contribution >= 4 is 46.2 Å². The van der Waals surface area contributed by atoms with E-state index in [1.165, 1.54) is 6.92 Å². The van der Waals surface area contributed by atoms with Crippen LogP contribution in [-0.4, -0.2) is 11.8 Å². The Labute approximate surface area is 168 Å². The smallest absolute Gasteiger partial charge is 0.228 e. The van der Waals surface area contributed by atoms with Gasteiger partial charge in [0.15, 0.2) is 0 Å². The van der Waals surface area contributed by atoms with E-state index in [1.807, 2.05) is 60.7 Å². The molecule has 3 aromatic rings. The Hall–Kier alpha value is -3.31. The molecule has 0 bridgehead atoms. The molecule has 6 heteroatoms. The number of hydrogen-bond donors (Lipinski definition) is 3. The molecule has 0 saturated carbocycles. The van der Waals surface area contributed by atoms with E-state index < -0.39 is 0 Å². The first-order valence-corrected chi connectivity index (χ1v) is 9.15. The molecular formula is C22H20ClN3O2. The van der Waals surface area contributed by atoms with Crippen LogP contribution in [0.1, 0.15) is 12.5 Å². The van der Waals surface area contributed by atoms with Crippen LogP contribution in [-0.2, 0) is 16.0 Å². The maximum absolute atomic E-state index is 12.2. The standard InChI is InChI=1S/C22H20ClN3O2/c1-15(27)24-20-3-2-4-21(14-20)25-18-9-11-19(12-10-18)26-22(28)13-16-5-7-17(23)8-6-16/h2-12,14,25H,13H2,1H3,(H,24,27)(H,26,28). The summed E-state index contributed by atoms with van der Waals surface area (Å²) in [6.45, 7) is 1.47. The summed E-state index contributed by atoms with van der Waals surface area (Å²) in [6, 6.07) is 22.1. The molecule has 3 aromatic carbocycles. The lowest BCUT2D eigenvalue weighted by atomic mass is 10.1. The molecule has 0 saturated heterocycles. The molecule has 142 valence electrons. The van der Waals surface area contributed by atoms with Crippen molar-refractivity contribution in [1.82, 2.24) is 0 Å². The normalized spacial score (nSPS) is 10.2. The minimum atomic E-state index is -0.115. The fraction of sp³-hybridized carbons (Fsp3) is 0.0909. The SMILES string of the molecule is CC(=O)Nc1cccc(Nc2ccc(NC(=O)Cc3ccc(Cl)cc3)cc2)c1. The highest BCUT2D eigenvalue weighted by molar-refractivity contribution is 6.30. The van der Waals surface area contributed by atoms with Crippen molar-refractivity contribution < 1.29 is 9.59 Å². The third kappa shape index (κ3) is 5.86. The molecule has 28 heavy (non-hydrogen) atoms. The number of hydrogen-bond acceptors (Lipinski definition) is 3. The van der Waals surface area contributed by atoms with Crippen LogP contribution in [0.15, 0.2) is 72.8 Å². The van der Waals surface area contributed by atoms with Crippen LogP contribution in [0.4, 0.5) is 22.7 Å². The summed E-state index contributed by atoms with van der Waals surface area (Å²) in [7, 11) is 0. The summed E-state index contributed by atoms with van der Waals surface area (Å²) in [6.07, 6.45) is 0.285. The predicted molar refractivity (Wildman–Crippen MR) is 114 cm³/mol. The first-order valence-electron chi connectivity index (χ1n) is 8.77. The van der Waals surface area contributed by atoms with E-state index in [4.69, 9.17) is 11.6 Å². The molecule has 0 unspecified atom stereocenters. The minimum Gasteiger partial charge on any atom is -0.355 e. The number of carbonyl (C=O) groups excluding carboxylic acids is 2. The second kappa shape index (κ2) is 9.06. The van der Waals surface area contributed by atoms with Gasteiger partial charge in [-0.15, -0.1) is 0 Å². The average molecular weight is 394 g/mol. The van der Waals surface area contributed by atoms with Crippen LogP contribution >= 0.6 is 11.6 Å². The van der Waals surface area contributed by atoms with E-state index in [0.29, 0.717) is 5.02 Å². The lowest BCUT2D eigenvalue weighted by Crippen LogP contribution is -2.14. The lowest BCUT2D eigenvalue weighted by Gasteiger charge is -2.10. The predicted octanol–water partition coefficient (Wildman–Crippen LogP) is 5.22. The van der Waals surface area contributed by atoms with Gasteiger partial charge in [0.25, 0.3) is 0 Å². The van der Waals surface area contributed by atoms with E-state index in [2.05, 4.69) is 16.0 Å². The monoisotopic (exact) mass is 393 g/mol. The summed E-state index contributed by atoms with van der Waals surface area (Å²) in [5.41, 5.74) is 4.07. The van der Waals surface area contributed by atoms with Crippen molar-refractivity contribution in [3.8, 4) is 0 Å². The molecule has 0 aromatic heterocycles. The second-order valence-electron chi connectivity index (χ2n) is 6.32. The van der Waals surface area contributed by atoms with Gasteiger partial charge in [0, 0.05) is 34.7 Å². The molecule has 0 aliphatic rings. The zero-order valence-corrected chi connectivity index (χ0v) is 16.1. The van der Waals surface area contributed by atoms with Crippen molar-refractivity contribution in [2.24, 2.45) is 0 Å². The highest BCUT2D eigenvalue weighted by Gasteiger charge is 2.05. The lowest BCUT2D eigenvalue weighted by molar-refractivity contribution is -0.116. The van der Waals surface area contributed by atoms with Crippen LogP contribution in [0.25, 0.3) is 0 Å². The Bertz CT molecular complexity index is 970. The van der Waals surface area contributed by atoms with Gasteiger partial charge in [-0.1, -0.05) is 29.8 Å². The van der Waals surface area contributed by atoms with Crippen LogP contribution in [0.5, 0.6) is 0 Å². The molecule has 3 N–H and O–H groups in total. The number of rotatable bonds is 6. The fourth-order valence-electron chi connectivity index (χ4n) is 2.67. The molecule has 0 atom stereocenters. The summed E-state index contributed by atoms with van der Waals surface area (Å²) in [5.74, 6) is -0.207. The molecule has 0 aliphatic carbocycles. The Morgan fingerprint density at radius 2 is 1.43 bits per heavy atom. The average Bonchev–Trinajstić information content (AvgIpc) is 2.65. The maximum atomic E-state index is 12.2. The molecule has 0 spiro atoms. The van der Waals surface area contributed by atoms with Crippen LogP contribution in [0, 0.1) is 0 Å². The Morgan fingerprint density at radius 1 is 0.786 bits per heavy atom. The van der Waals surface area contributed by atoms with Crippen molar-refractivity contribution in [3.63, 3.8) is 0 Å². The van der Waals surface area contributed by atoms with E-state index in [-0.39, 0.29) is 18.2 Å². The molecule has 0 aliphatic heterocycles. The van der Waals surface area contributed by atoms with Gasteiger partial charge in [0.2, 0.25) is 11.8 Å². The van der Waals surface area contributed by atoms with Crippen molar-refractivity contribution in [1.29, 1.82) is 0 Å². The summed E-state index contributed by atoms with van der Waals surface area (Å²) in [4.78, 5) is 23.3. The largest absolute Gasteiger partial charge is 0.355 e. The first kappa shape index (κ1) is 19.5. The number of benzene rings is 3. The summed E-state index contributed by atoms with van der Waals surface area (Å²) in [5, 5.41) is 9.55. The van der Waals surface area contributed by atoms with Gasteiger partial charge in [0.05, 0.1) is 6.42 Å². The van der Waals surface area contributed by atoms with Crippen molar-refractivity contribution in [2.45, 2.75) is 13.3 Å². The zero-order valence-electron chi connectivity index (χ0n) is 15.3. The maximum Gasteiger partial charge on any atom is 0.228 e. The Balaban J connectivity index is 1.58. The second-order valence-corrected chi connectivity index (χ2v) is 6.75. The molecule has 5 nitrogen and oxygen atoms in total. The van der Waals surface area contributed by atoms with E-state index in [0.717, 1.165) is 28.3 Å². The van der Waals surface area contributed by atoms with Gasteiger partial charge < -0.3 is 16.0 Å². The number of carbonyl (C=O) groups is 2. The van der Waals surface area contributed by atoms with Gasteiger partial charge in [-0.3, -0.25) is 9.59 Å².